The van der Waals surface area contributed by atoms with Crippen molar-refractivity contribution >= 4 is 28.4 Å². The molecule has 1 atom stereocenters. The van der Waals surface area contributed by atoms with Gasteiger partial charge in [-0.25, -0.2) is 17.6 Å². The molecule has 23 heavy (non-hydrogen) atoms. The monoisotopic (exact) mass is 366 g/mol. The SMILES string of the molecule is CCOC(=O)c1cc(F)cc(S(=O)(=O)N2CCC(CN)C2)c1.Cl. The van der Waals surface area contributed by atoms with Crippen LogP contribution >= 0.6 is 12.4 Å². The number of rotatable bonds is 5. The molecule has 130 valence electrons. The van der Waals surface area contributed by atoms with E-state index in [1.54, 1.807) is 6.92 Å². The fourth-order valence-corrected chi connectivity index (χ4v) is 3.99. The zero-order chi connectivity index (χ0) is 16.3. The highest BCUT2D eigenvalue weighted by Gasteiger charge is 2.32. The molecular formula is C14H20ClFN2O4S. The molecule has 1 aliphatic rings. The summed E-state index contributed by atoms with van der Waals surface area (Å²) in [4.78, 5) is 11.4. The Bertz CT molecular complexity index is 669. The highest BCUT2D eigenvalue weighted by molar-refractivity contribution is 7.89. The minimum absolute atomic E-state index is 0. The molecule has 0 bridgehead atoms. The van der Waals surface area contributed by atoms with Crippen LogP contribution in [0.1, 0.15) is 23.7 Å². The predicted molar refractivity (Wildman–Crippen MR) is 85.5 cm³/mol. The van der Waals surface area contributed by atoms with Crippen LogP contribution in [0.15, 0.2) is 23.1 Å². The average molecular weight is 367 g/mol. The largest absolute Gasteiger partial charge is 0.462 e. The van der Waals surface area contributed by atoms with Gasteiger partial charge in [-0.05, 0) is 44.0 Å². The van der Waals surface area contributed by atoms with Crippen molar-refractivity contribution in [1.82, 2.24) is 4.31 Å². The molecule has 1 saturated heterocycles. The maximum atomic E-state index is 13.7. The van der Waals surface area contributed by atoms with Crippen LogP contribution in [-0.4, -0.2) is 44.9 Å². The number of ether oxygens (including phenoxy) is 1. The Kier molecular flexibility index (Phi) is 6.94. The van der Waals surface area contributed by atoms with Gasteiger partial charge in [0.2, 0.25) is 10.0 Å². The number of sulfonamides is 1. The van der Waals surface area contributed by atoms with Gasteiger partial charge in [-0.2, -0.15) is 4.31 Å². The van der Waals surface area contributed by atoms with Crippen molar-refractivity contribution in [1.29, 1.82) is 0 Å². The summed E-state index contributed by atoms with van der Waals surface area (Å²) in [5.41, 5.74) is 5.44. The maximum Gasteiger partial charge on any atom is 0.338 e. The normalized spacial score (nSPS) is 18.5. The number of hydrogen-bond acceptors (Lipinski definition) is 5. The third-order valence-corrected chi connectivity index (χ3v) is 5.45. The number of carbonyl (C=O) groups is 1. The lowest BCUT2D eigenvalue weighted by Gasteiger charge is -2.17. The lowest BCUT2D eigenvalue weighted by molar-refractivity contribution is 0.0525. The van der Waals surface area contributed by atoms with E-state index in [-0.39, 0.29) is 35.4 Å². The second kappa shape index (κ2) is 8.05. The van der Waals surface area contributed by atoms with Crippen LogP contribution in [0, 0.1) is 11.7 Å². The van der Waals surface area contributed by atoms with Crippen molar-refractivity contribution in [3.8, 4) is 0 Å². The zero-order valence-electron chi connectivity index (χ0n) is 12.7. The van der Waals surface area contributed by atoms with Crippen LogP contribution in [-0.2, 0) is 14.8 Å². The lowest BCUT2D eigenvalue weighted by Crippen LogP contribution is -2.30. The van der Waals surface area contributed by atoms with Gasteiger partial charge < -0.3 is 10.5 Å². The molecule has 1 fully saturated rings. The van der Waals surface area contributed by atoms with Crippen molar-refractivity contribution in [3.63, 3.8) is 0 Å². The van der Waals surface area contributed by atoms with E-state index in [0.29, 0.717) is 26.1 Å². The molecule has 1 aliphatic heterocycles. The average Bonchev–Trinajstić information content (AvgIpc) is 2.96. The fraction of sp³-hybridized carbons (Fsp3) is 0.500. The second-order valence-corrected chi connectivity index (χ2v) is 7.09. The number of halogens is 2. The van der Waals surface area contributed by atoms with Crippen LogP contribution in [0.5, 0.6) is 0 Å². The Labute approximate surface area is 141 Å². The molecule has 2 rings (SSSR count). The first-order valence-electron chi connectivity index (χ1n) is 7.06. The van der Waals surface area contributed by atoms with Crippen LogP contribution in [0.2, 0.25) is 0 Å². The minimum atomic E-state index is -3.85. The zero-order valence-corrected chi connectivity index (χ0v) is 14.3. The van der Waals surface area contributed by atoms with Crippen molar-refractivity contribution in [2.45, 2.75) is 18.2 Å². The molecule has 9 heteroatoms. The Morgan fingerprint density at radius 1 is 1.43 bits per heavy atom. The van der Waals surface area contributed by atoms with Gasteiger partial charge in [0.05, 0.1) is 17.1 Å². The summed E-state index contributed by atoms with van der Waals surface area (Å²) >= 11 is 0. The molecular weight excluding hydrogens is 347 g/mol. The Hall–Kier alpha value is -1.22. The first kappa shape index (κ1) is 19.8. The third kappa shape index (κ3) is 4.41. The highest BCUT2D eigenvalue weighted by atomic mass is 35.5. The molecule has 2 N–H and O–H groups in total. The molecule has 1 unspecified atom stereocenters. The van der Waals surface area contributed by atoms with Gasteiger partial charge in [-0.3, -0.25) is 0 Å². The number of hydrogen-bond donors (Lipinski definition) is 1. The van der Waals surface area contributed by atoms with E-state index in [1.807, 2.05) is 0 Å². The van der Waals surface area contributed by atoms with Gasteiger partial charge in [-0.15, -0.1) is 12.4 Å². The van der Waals surface area contributed by atoms with E-state index in [4.69, 9.17) is 10.5 Å². The van der Waals surface area contributed by atoms with Crippen LogP contribution < -0.4 is 5.73 Å². The summed E-state index contributed by atoms with van der Waals surface area (Å²) < 4.78 is 44.8. The van der Waals surface area contributed by atoms with Crippen molar-refractivity contribution in [2.75, 3.05) is 26.2 Å². The van der Waals surface area contributed by atoms with Crippen molar-refractivity contribution in [3.05, 3.63) is 29.6 Å². The fourth-order valence-electron chi connectivity index (χ4n) is 2.40. The number of benzene rings is 1. The van der Waals surface area contributed by atoms with Gasteiger partial charge in [0.15, 0.2) is 0 Å². The number of esters is 1. The summed E-state index contributed by atoms with van der Waals surface area (Å²) in [7, 11) is -3.85. The molecule has 0 aromatic heterocycles. The van der Waals surface area contributed by atoms with E-state index < -0.39 is 21.8 Å². The van der Waals surface area contributed by atoms with Gasteiger partial charge in [0.25, 0.3) is 0 Å². The minimum Gasteiger partial charge on any atom is -0.462 e. The molecule has 1 heterocycles. The summed E-state index contributed by atoms with van der Waals surface area (Å²) in [5, 5.41) is 0. The topological polar surface area (TPSA) is 89.7 Å². The Morgan fingerprint density at radius 2 is 2.13 bits per heavy atom. The van der Waals surface area contributed by atoms with E-state index in [2.05, 4.69) is 0 Å². The van der Waals surface area contributed by atoms with Crippen molar-refractivity contribution < 1.29 is 22.3 Å². The smallest absolute Gasteiger partial charge is 0.338 e. The van der Waals surface area contributed by atoms with Crippen LogP contribution in [0.4, 0.5) is 4.39 Å². The summed E-state index contributed by atoms with van der Waals surface area (Å²) in [6.45, 7) is 2.80. The first-order chi connectivity index (χ1) is 10.4. The van der Waals surface area contributed by atoms with E-state index in [1.165, 1.54) is 4.31 Å². The molecule has 6 nitrogen and oxygen atoms in total. The van der Waals surface area contributed by atoms with E-state index >= 15 is 0 Å². The Morgan fingerprint density at radius 3 is 2.70 bits per heavy atom. The number of carbonyl (C=O) groups excluding carboxylic acids is 1. The molecule has 1 aromatic carbocycles. The van der Waals surface area contributed by atoms with Crippen LogP contribution in [0.25, 0.3) is 0 Å². The van der Waals surface area contributed by atoms with E-state index in [0.717, 1.165) is 18.2 Å². The van der Waals surface area contributed by atoms with Crippen LogP contribution in [0.3, 0.4) is 0 Å². The van der Waals surface area contributed by atoms with E-state index in [9.17, 15) is 17.6 Å². The predicted octanol–water partition coefficient (Wildman–Crippen LogP) is 1.39. The van der Waals surface area contributed by atoms with Crippen molar-refractivity contribution in [2.24, 2.45) is 11.7 Å². The lowest BCUT2D eigenvalue weighted by atomic mass is 10.1. The second-order valence-electron chi connectivity index (χ2n) is 5.15. The van der Waals surface area contributed by atoms with Gasteiger partial charge in [0.1, 0.15) is 5.82 Å². The summed E-state index contributed by atoms with van der Waals surface area (Å²) in [5.74, 6) is -1.44. The van der Waals surface area contributed by atoms with Gasteiger partial charge >= 0.3 is 5.97 Å². The Balaban J connectivity index is 0.00000264. The molecule has 0 saturated carbocycles. The third-order valence-electron chi connectivity index (χ3n) is 3.60. The molecule has 0 spiro atoms. The van der Waals surface area contributed by atoms with Gasteiger partial charge in [0, 0.05) is 13.1 Å². The maximum absolute atomic E-state index is 13.7. The highest BCUT2D eigenvalue weighted by Crippen LogP contribution is 2.25. The quantitative estimate of drug-likeness (QED) is 0.795. The molecule has 0 amide bonds. The number of nitrogens with two attached hydrogens (primary N) is 1. The standard InChI is InChI=1S/C14H19FN2O4S.ClH/c1-2-21-14(18)11-5-12(15)7-13(6-11)22(19,20)17-4-3-10(8-16)9-17;/h5-7,10H,2-4,8-9,16H2,1H3;1H. The summed E-state index contributed by atoms with van der Waals surface area (Å²) in [6.07, 6.45) is 0.676. The number of nitrogens with zero attached hydrogens (tertiary/aromatic N) is 1. The summed E-state index contributed by atoms with van der Waals surface area (Å²) in [6, 6.07) is 3.02. The first-order valence-corrected chi connectivity index (χ1v) is 8.50. The molecule has 0 radical (unpaired) electrons. The molecule has 0 aliphatic carbocycles. The molecule has 1 aromatic rings. The van der Waals surface area contributed by atoms with Gasteiger partial charge in [-0.1, -0.05) is 0 Å².